The molecule has 3 aromatic rings. The van der Waals surface area contributed by atoms with Crippen LogP contribution in [-0.2, 0) is 32.9 Å². The van der Waals surface area contributed by atoms with E-state index in [-0.39, 0.29) is 25.0 Å². The highest BCUT2D eigenvalue weighted by Crippen LogP contribution is 2.60. The molecule has 260 valence electrons. The maximum Gasteiger partial charge on any atom is 0.264 e. The second-order valence-electron chi connectivity index (χ2n) is 14.3. The van der Waals surface area contributed by atoms with Crippen LogP contribution in [0.2, 0.25) is 18.6 Å². The van der Waals surface area contributed by atoms with Crippen LogP contribution in [0.3, 0.4) is 0 Å². The summed E-state index contributed by atoms with van der Waals surface area (Å²) in [6.07, 6.45) is 5.14. The number of carbonyl (C=O) groups excluding carboxylic acids is 2. The molecule has 2 amide bonds. The Balaban J connectivity index is 1.27. The third-order valence-corrected chi connectivity index (χ3v) is 13.6. The minimum Gasteiger partial charge on any atom is -0.396 e. The lowest BCUT2D eigenvalue weighted by atomic mass is 9.82. The minimum absolute atomic E-state index is 0.0234. The lowest BCUT2D eigenvalue weighted by Crippen LogP contribution is -2.55. The fourth-order valence-corrected chi connectivity index (χ4v) is 11.4. The van der Waals surface area contributed by atoms with E-state index in [4.69, 9.17) is 4.74 Å². The van der Waals surface area contributed by atoms with Crippen LogP contribution in [0.4, 0.5) is 21.2 Å². The molecule has 11 nitrogen and oxygen atoms in total. The molecule has 0 radical (unpaired) electrons. The van der Waals surface area contributed by atoms with E-state index in [1.807, 2.05) is 60.4 Å². The fourth-order valence-electron chi connectivity index (χ4n) is 8.89. The first-order chi connectivity index (χ1) is 23.5. The zero-order valence-corrected chi connectivity index (χ0v) is 29.5. The van der Waals surface area contributed by atoms with Crippen molar-refractivity contribution in [2.24, 2.45) is 5.92 Å². The molecule has 5 heterocycles. The van der Waals surface area contributed by atoms with Gasteiger partial charge in [-0.1, -0.05) is 36.4 Å². The number of anilines is 3. The number of fused-ring (bicyclic) bond motifs is 2. The highest BCUT2D eigenvalue weighted by molar-refractivity contribution is 6.72. The van der Waals surface area contributed by atoms with E-state index in [1.165, 1.54) is 0 Å². The number of carbonyl (C=O) groups is 2. The maximum atomic E-state index is 16.4. The second kappa shape index (κ2) is 12.8. The maximum absolute atomic E-state index is 16.4. The summed E-state index contributed by atoms with van der Waals surface area (Å²) < 4.78 is 25.0. The molecule has 4 atom stereocenters. The van der Waals surface area contributed by atoms with E-state index in [2.05, 4.69) is 27.1 Å². The van der Waals surface area contributed by atoms with Crippen molar-refractivity contribution in [1.29, 1.82) is 0 Å². The average molecular weight is 688 g/mol. The number of nitrogens with zero attached hydrogens (tertiary/aromatic N) is 6. The van der Waals surface area contributed by atoms with Gasteiger partial charge in [0.1, 0.15) is 5.54 Å². The number of aromatic nitrogens is 3. The fraction of sp³-hybridized carbons (Fsp3) is 0.500. The van der Waals surface area contributed by atoms with Crippen LogP contribution < -0.4 is 20.0 Å². The number of halogens is 1. The minimum atomic E-state index is -3.38. The molecule has 3 fully saturated rings. The Bertz CT molecular complexity index is 1730. The van der Waals surface area contributed by atoms with Gasteiger partial charge < -0.3 is 29.1 Å². The Labute approximate surface area is 287 Å². The summed E-state index contributed by atoms with van der Waals surface area (Å²) in [5, 5.41) is 21.0. The molecule has 3 saturated heterocycles. The molecular weight excluding hydrogens is 642 g/mol. The first kappa shape index (κ1) is 33.6. The van der Waals surface area contributed by atoms with Crippen molar-refractivity contribution in [2.75, 3.05) is 47.6 Å². The topological polar surface area (TPSA) is 116 Å². The lowest BCUT2D eigenvalue weighted by Gasteiger charge is -2.39. The van der Waals surface area contributed by atoms with Gasteiger partial charge in [-0.05, 0) is 75.8 Å². The van der Waals surface area contributed by atoms with Crippen molar-refractivity contribution in [3.8, 4) is 0 Å². The zero-order chi connectivity index (χ0) is 34.6. The van der Waals surface area contributed by atoms with Gasteiger partial charge in [0, 0.05) is 60.7 Å². The number of nitrogens with one attached hydrogen (secondary N) is 1. The number of aliphatic hydroxyl groups is 1. The largest absolute Gasteiger partial charge is 0.396 e. The van der Waals surface area contributed by atoms with E-state index >= 15 is 4.11 Å². The summed E-state index contributed by atoms with van der Waals surface area (Å²) in [4.78, 5) is 34.9. The molecule has 0 saturated carbocycles. The van der Waals surface area contributed by atoms with Crippen molar-refractivity contribution in [3.63, 3.8) is 0 Å². The molecule has 1 aromatic heterocycles. The quantitative estimate of drug-likeness (QED) is 0.186. The second-order valence-corrected chi connectivity index (χ2v) is 18.1. The monoisotopic (exact) mass is 687 g/mol. The van der Waals surface area contributed by atoms with Gasteiger partial charge in [-0.3, -0.25) is 19.2 Å². The third-order valence-electron chi connectivity index (χ3n) is 11.1. The number of para-hydroxylation sites is 1. The van der Waals surface area contributed by atoms with E-state index in [0.29, 0.717) is 61.5 Å². The number of benzene rings is 2. The average Bonchev–Trinajstić information content (AvgIpc) is 3.80. The number of hydrogen-bond donors (Lipinski definition) is 2. The lowest BCUT2D eigenvalue weighted by molar-refractivity contribution is -0.145. The summed E-state index contributed by atoms with van der Waals surface area (Å²) in [5.41, 5.74) is 1.17. The van der Waals surface area contributed by atoms with Crippen LogP contribution >= 0.6 is 0 Å². The highest BCUT2D eigenvalue weighted by Gasteiger charge is 2.67. The number of rotatable bonds is 10. The van der Waals surface area contributed by atoms with E-state index in [0.717, 1.165) is 18.8 Å². The Morgan fingerprint density at radius 2 is 1.88 bits per heavy atom. The summed E-state index contributed by atoms with van der Waals surface area (Å²) in [6.45, 7) is 11.8. The SMILES string of the molecule is C=CCN1C(=O)[C@@]2(O[C@@H](CCn3cc(CCO)nn3)[C@H]([Si](C)(C)F)[C@H]2C)c2cc(N3CN(c4ccccc4)C4(CCNCC4)C3=O)ccc21. The van der Waals surface area contributed by atoms with Gasteiger partial charge in [0.15, 0.2) is 5.60 Å². The van der Waals surface area contributed by atoms with Gasteiger partial charge in [-0.15, -0.1) is 11.7 Å². The number of hydrogen-bond acceptors (Lipinski definition) is 8. The Morgan fingerprint density at radius 1 is 1.12 bits per heavy atom. The van der Waals surface area contributed by atoms with Gasteiger partial charge in [-0.25, -0.2) is 0 Å². The van der Waals surface area contributed by atoms with Crippen LogP contribution in [0.1, 0.15) is 37.4 Å². The van der Waals surface area contributed by atoms with Crippen molar-refractivity contribution in [2.45, 2.75) is 75.0 Å². The van der Waals surface area contributed by atoms with Crippen molar-refractivity contribution in [3.05, 3.63) is 78.6 Å². The van der Waals surface area contributed by atoms with Crippen LogP contribution in [0, 0.1) is 5.92 Å². The molecule has 0 aliphatic carbocycles. The van der Waals surface area contributed by atoms with Gasteiger partial charge in [0.05, 0.1) is 24.2 Å². The smallest absolute Gasteiger partial charge is 0.264 e. The Morgan fingerprint density at radius 3 is 2.57 bits per heavy atom. The number of amides is 2. The van der Waals surface area contributed by atoms with Gasteiger partial charge >= 0.3 is 0 Å². The van der Waals surface area contributed by atoms with Crippen molar-refractivity contribution >= 4 is 37.3 Å². The van der Waals surface area contributed by atoms with Crippen molar-refractivity contribution < 1.29 is 23.5 Å². The summed E-state index contributed by atoms with van der Waals surface area (Å²) >= 11 is 0. The predicted molar refractivity (Wildman–Crippen MR) is 189 cm³/mol. The van der Waals surface area contributed by atoms with Crippen LogP contribution in [0.25, 0.3) is 0 Å². The number of piperidine rings is 1. The molecule has 49 heavy (non-hydrogen) atoms. The summed E-state index contributed by atoms with van der Waals surface area (Å²) in [7, 11) is -3.38. The molecule has 7 rings (SSSR count). The number of aryl methyl sites for hydroxylation is 1. The molecule has 0 bridgehead atoms. The molecule has 4 aliphatic rings. The van der Waals surface area contributed by atoms with E-state index < -0.39 is 37.1 Å². The standard InChI is InChI=1S/C36H46FN7O4Si/c1-5-19-42-30-12-11-28(43-24-44(27-9-7-6-8-10-27)35(33(43)46)15-17-38-18-16-35)22-29(30)36(34(42)47)25(2)32(49(3,4)37)31(48-36)13-20-41-23-26(14-21-45)39-40-41/h5-12,22-23,25,31-32,38,45H,1,13-21,24H2,2-4H3/t25-,31+,32-,36+/m1/s1. The summed E-state index contributed by atoms with van der Waals surface area (Å²) in [5.74, 6) is -0.648. The molecule has 13 heteroatoms. The van der Waals surface area contributed by atoms with Crippen LogP contribution in [0.15, 0.2) is 67.4 Å². The van der Waals surface area contributed by atoms with Crippen molar-refractivity contribution in [1.82, 2.24) is 20.3 Å². The van der Waals surface area contributed by atoms with Gasteiger partial charge in [-0.2, -0.15) is 0 Å². The summed E-state index contributed by atoms with van der Waals surface area (Å²) in [6, 6.07) is 15.8. The molecule has 2 N–H and O–H groups in total. The molecular formula is C36H46FN7O4Si. The molecule has 4 aliphatic heterocycles. The Hall–Kier alpha value is -3.91. The van der Waals surface area contributed by atoms with E-state index in [9.17, 15) is 14.7 Å². The number of ether oxygens (including phenoxy) is 1. The van der Waals surface area contributed by atoms with Crippen LogP contribution in [-0.4, -0.2) is 84.9 Å². The first-order valence-electron chi connectivity index (χ1n) is 17.3. The molecule has 2 aromatic carbocycles. The Kier molecular flexibility index (Phi) is 8.74. The normalized spacial score (nSPS) is 26.4. The number of aliphatic hydroxyl groups excluding tert-OH is 1. The highest BCUT2D eigenvalue weighted by atomic mass is 28.4. The van der Waals surface area contributed by atoms with Gasteiger partial charge in [0.25, 0.3) is 11.8 Å². The van der Waals surface area contributed by atoms with E-state index in [1.54, 1.807) is 34.9 Å². The van der Waals surface area contributed by atoms with Crippen LogP contribution in [0.5, 0.6) is 0 Å². The van der Waals surface area contributed by atoms with Gasteiger partial charge in [0.2, 0.25) is 8.41 Å². The third kappa shape index (κ3) is 5.42. The molecule has 0 unspecified atom stereocenters. The predicted octanol–water partition coefficient (Wildman–Crippen LogP) is 4.14. The zero-order valence-electron chi connectivity index (χ0n) is 28.5. The molecule has 2 spiro atoms. The first-order valence-corrected chi connectivity index (χ1v) is 20.3.